The molecule has 0 saturated heterocycles. The second-order valence-corrected chi connectivity index (χ2v) is 4.61. The van der Waals surface area contributed by atoms with Crippen molar-refractivity contribution in [1.29, 1.82) is 5.26 Å². The highest BCUT2D eigenvalue weighted by Gasteiger charge is 2.17. The van der Waals surface area contributed by atoms with Crippen molar-refractivity contribution in [3.05, 3.63) is 23.8 Å². The molecule has 0 aromatic heterocycles. The van der Waals surface area contributed by atoms with Gasteiger partial charge in [-0.15, -0.1) is 0 Å². The summed E-state index contributed by atoms with van der Waals surface area (Å²) in [5.41, 5.74) is 1.07. The zero-order valence-electron chi connectivity index (χ0n) is 10.9. The number of methoxy groups -OCH3 is 1. The van der Waals surface area contributed by atoms with E-state index < -0.39 is 0 Å². The Morgan fingerprint density at radius 1 is 1.42 bits per heavy atom. The predicted octanol–water partition coefficient (Wildman–Crippen LogP) is 2.63. The molecule has 1 aromatic rings. The summed E-state index contributed by atoms with van der Waals surface area (Å²) in [5.74, 6) is 0.487. The van der Waals surface area contributed by atoms with Gasteiger partial charge in [-0.25, -0.2) is 4.79 Å². The smallest absolute Gasteiger partial charge is 0.319 e. The third-order valence-electron chi connectivity index (χ3n) is 3.27. The second kappa shape index (κ2) is 6.10. The van der Waals surface area contributed by atoms with E-state index in [4.69, 9.17) is 10.00 Å². The third-order valence-corrected chi connectivity index (χ3v) is 3.27. The van der Waals surface area contributed by atoms with Crippen LogP contribution in [0.25, 0.3) is 0 Å². The van der Waals surface area contributed by atoms with Gasteiger partial charge < -0.3 is 15.4 Å². The highest BCUT2D eigenvalue weighted by Crippen LogP contribution is 2.25. The molecule has 5 nitrogen and oxygen atoms in total. The van der Waals surface area contributed by atoms with Gasteiger partial charge in [-0.1, -0.05) is 12.8 Å². The molecule has 0 bridgehead atoms. The number of ether oxygens (including phenoxy) is 1. The lowest BCUT2D eigenvalue weighted by Crippen LogP contribution is -2.36. The van der Waals surface area contributed by atoms with Crippen LogP contribution in [0.4, 0.5) is 10.5 Å². The van der Waals surface area contributed by atoms with E-state index in [1.807, 2.05) is 6.07 Å². The van der Waals surface area contributed by atoms with Crippen LogP contribution >= 0.6 is 0 Å². The third kappa shape index (κ3) is 3.38. The number of hydrogen-bond donors (Lipinski definition) is 2. The number of nitriles is 1. The standard InChI is InChI=1S/C14H17N3O2/c1-19-13-8-10(9-15)6-7-12(13)17-14(18)16-11-4-2-3-5-11/h6-8,11H,2-5H2,1H3,(H2,16,17,18). The molecule has 5 heteroatoms. The number of carbonyl (C=O) groups excluding carboxylic acids is 1. The average Bonchev–Trinajstić information content (AvgIpc) is 2.91. The van der Waals surface area contributed by atoms with Gasteiger partial charge in [-0.2, -0.15) is 5.26 Å². The number of benzene rings is 1. The molecule has 1 fully saturated rings. The topological polar surface area (TPSA) is 74.1 Å². The van der Waals surface area contributed by atoms with Gasteiger partial charge >= 0.3 is 6.03 Å². The minimum atomic E-state index is -0.227. The number of carbonyl (C=O) groups is 1. The fraction of sp³-hybridized carbons (Fsp3) is 0.429. The van der Waals surface area contributed by atoms with Crippen LogP contribution in [0.3, 0.4) is 0 Å². The SMILES string of the molecule is COc1cc(C#N)ccc1NC(=O)NC1CCCC1. The summed E-state index contributed by atoms with van der Waals surface area (Å²) >= 11 is 0. The molecule has 0 radical (unpaired) electrons. The monoisotopic (exact) mass is 259 g/mol. The zero-order chi connectivity index (χ0) is 13.7. The Kier molecular flexibility index (Phi) is 4.24. The van der Waals surface area contributed by atoms with Crippen molar-refractivity contribution in [2.75, 3.05) is 12.4 Å². The largest absolute Gasteiger partial charge is 0.495 e. The fourth-order valence-corrected chi connectivity index (χ4v) is 2.28. The molecule has 1 aromatic carbocycles. The number of amides is 2. The van der Waals surface area contributed by atoms with Crippen molar-refractivity contribution < 1.29 is 9.53 Å². The summed E-state index contributed by atoms with van der Waals surface area (Å²) in [7, 11) is 1.51. The highest BCUT2D eigenvalue weighted by atomic mass is 16.5. The Labute approximate surface area is 112 Å². The molecule has 2 amide bonds. The van der Waals surface area contributed by atoms with Crippen LogP contribution in [0.5, 0.6) is 5.75 Å². The minimum absolute atomic E-state index is 0.227. The molecular weight excluding hydrogens is 242 g/mol. The Balaban J connectivity index is 2.01. The van der Waals surface area contributed by atoms with E-state index in [0.717, 1.165) is 12.8 Å². The van der Waals surface area contributed by atoms with Crippen molar-refractivity contribution in [3.63, 3.8) is 0 Å². The van der Waals surface area contributed by atoms with E-state index in [2.05, 4.69) is 10.6 Å². The van der Waals surface area contributed by atoms with Crippen LogP contribution < -0.4 is 15.4 Å². The van der Waals surface area contributed by atoms with Gasteiger partial charge in [0.05, 0.1) is 24.4 Å². The number of rotatable bonds is 3. The van der Waals surface area contributed by atoms with E-state index in [1.165, 1.54) is 20.0 Å². The van der Waals surface area contributed by atoms with Gasteiger partial charge in [0, 0.05) is 12.1 Å². The first-order chi connectivity index (χ1) is 9.22. The molecule has 0 heterocycles. The predicted molar refractivity (Wildman–Crippen MR) is 72.1 cm³/mol. The van der Waals surface area contributed by atoms with E-state index in [1.54, 1.807) is 18.2 Å². The maximum atomic E-state index is 11.8. The van der Waals surface area contributed by atoms with E-state index in [0.29, 0.717) is 17.0 Å². The Hall–Kier alpha value is -2.22. The van der Waals surface area contributed by atoms with Gasteiger partial charge in [0.25, 0.3) is 0 Å². The quantitative estimate of drug-likeness (QED) is 0.876. The van der Waals surface area contributed by atoms with Gasteiger partial charge in [0.15, 0.2) is 0 Å². The lowest BCUT2D eigenvalue weighted by Gasteiger charge is -2.14. The first kappa shape index (κ1) is 13.2. The molecule has 0 unspecified atom stereocenters. The Morgan fingerprint density at radius 3 is 2.79 bits per heavy atom. The zero-order valence-corrected chi connectivity index (χ0v) is 10.9. The van der Waals surface area contributed by atoms with Crippen molar-refractivity contribution in [3.8, 4) is 11.8 Å². The molecule has 1 aliphatic carbocycles. The van der Waals surface area contributed by atoms with Gasteiger partial charge in [-0.3, -0.25) is 0 Å². The summed E-state index contributed by atoms with van der Waals surface area (Å²) < 4.78 is 5.17. The molecule has 2 N–H and O–H groups in total. The first-order valence-electron chi connectivity index (χ1n) is 6.38. The molecule has 0 aliphatic heterocycles. The lowest BCUT2D eigenvalue weighted by molar-refractivity contribution is 0.248. The molecule has 0 atom stereocenters. The molecule has 1 aliphatic rings. The van der Waals surface area contributed by atoms with E-state index >= 15 is 0 Å². The second-order valence-electron chi connectivity index (χ2n) is 4.61. The lowest BCUT2D eigenvalue weighted by atomic mass is 10.2. The van der Waals surface area contributed by atoms with Gasteiger partial charge in [0.1, 0.15) is 5.75 Å². The molecule has 19 heavy (non-hydrogen) atoms. The number of nitrogens with one attached hydrogen (secondary N) is 2. The fourth-order valence-electron chi connectivity index (χ4n) is 2.28. The number of hydrogen-bond acceptors (Lipinski definition) is 3. The number of urea groups is 1. The summed E-state index contributed by atoms with van der Waals surface area (Å²) in [6, 6.07) is 6.99. The van der Waals surface area contributed by atoms with Crippen LogP contribution in [0.1, 0.15) is 31.2 Å². The van der Waals surface area contributed by atoms with Crippen LogP contribution in [-0.4, -0.2) is 19.2 Å². The summed E-state index contributed by atoms with van der Waals surface area (Å²) in [5, 5.41) is 14.5. The molecule has 0 spiro atoms. The normalized spacial score (nSPS) is 14.7. The number of anilines is 1. The van der Waals surface area contributed by atoms with Crippen LogP contribution in [0.15, 0.2) is 18.2 Å². The summed E-state index contributed by atoms with van der Waals surface area (Å²) in [4.78, 5) is 11.8. The maximum Gasteiger partial charge on any atom is 0.319 e. The number of nitrogens with zero attached hydrogens (tertiary/aromatic N) is 1. The minimum Gasteiger partial charge on any atom is -0.495 e. The average molecular weight is 259 g/mol. The van der Waals surface area contributed by atoms with Crippen molar-refractivity contribution in [1.82, 2.24) is 5.32 Å². The molecule has 100 valence electrons. The maximum absolute atomic E-state index is 11.8. The Bertz CT molecular complexity index is 502. The van der Waals surface area contributed by atoms with E-state index in [9.17, 15) is 4.79 Å². The van der Waals surface area contributed by atoms with Gasteiger partial charge in [0.2, 0.25) is 0 Å². The van der Waals surface area contributed by atoms with Gasteiger partial charge in [-0.05, 0) is 25.0 Å². The molecular formula is C14H17N3O2. The summed E-state index contributed by atoms with van der Waals surface area (Å²) in [6.07, 6.45) is 4.42. The summed E-state index contributed by atoms with van der Waals surface area (Å²) in [6.45, 7) is 0. The van der Waals surface area contributed by atoms with Crippen molar-refractivity contribution in [2.45, 2.75) is 31.7 Å². The van der Waals surface area contributed by atoms with Crippen molar-refractivity contribution >= 4 is 11.7 Å². The first-order valence-corrected chi connectivity index (χ1v) is 6.38. The van der Waals surface area contributed by atoms with E-state index in [-0.39, 0.29) is 12.1 Å². The Morgan fingerprint density at radius 2 is 2.16 bits per heavy atom. The highest BCUT2D eigenvalue weighted by molar-refractivity contribution is 5.91. The van der Waals surface area contributed by atoms with Crippen LogP contribution in [0, 0.1) is 11.3 Å². The molecule has 2 rings (SSSR count). The van der Waals surface area contributed by atoms with Crippen molar-refractivity contribution in [2.24, 2.45) is 0 Å². The molecule has 1 saturated carbocycles. The van der Waals surface area contributed by atoms with Crippen LogP contribution in [-0.2, 0) is 0 Å². The van der Waals surface area contributed by atoms with Crippen LogP contribution in [0.2, 0.25) is 0 Å².